The van der Waals surface area contributed by atoms with Crippen LogP contribution in [0.5, 0.6) is 0 Å². The van der Waals surface area contributed by atoms with E-state index >= 15 is 0 Å². The lowest BCUT2D eigenvalue weighted by atomic mass is 10.1. The molecule has 0 amide bonds. The molecule has 3 heteroatoms. The predicted octanol–water partition coefficient (Wildman–Crippen LogP) is 3.09. The molecule has 14 heavy (non-hydrogen) atoms. The molecule has 2 N–H and O–H groups in total. The molecule has 2 aromatic rings. The molecule has 2 rings (SSSR count). The summed E-state index contributed by atoms with van der Waals surface area (Å²) in [6.45, 7) is 0. The Kier molecular flexibility index (Phi) is 2.50. The van der Waals surface area contributed by atoms with Gasteiger partial charge in [0.2, 0.25) is 0 Å². The molecule has 0 aliphatic heterocycles. The van der Waals surface area contributed by atoms with Crippen molar-refractivity contribution in [3.63, 3.8) is 0 Å². The van der Waals surface area contributed by atoms with E-state index in [4.69, 9.17) is 5.73 Å². The second-order valence-electron chi connectivity index (χ2n) is 2.99. The topological polar surface area (TPSA) is 38.9 Å². The zero-order valence-corrected chi connectivity index (χ0v) is 9.03. The summed E-state index contributed by atoms with van der Waals surface area (Å²) < 4.78 is 1.05. The minimum absolute atomic E-state index is 0.679. The van der Waals surface area contributed by atoms with E-state index in [-0.39, 0.29) is 0 Å². The van der Waals surface area contributed by atoms with Crippen molar-refractivity contribution in [2.75, 3.05) is 5.73 Å². The number of hydrogen-bond acceptors (Lipinski definition) is 2. The van der Waals surface area contributed by atoms with Crippen LogP contribution >= 0.6 is 15.9 Å². The highest BCUT2D eigenvalue weighted by atomic mass is 79.9. The van der Waals surface area contributed by atoms with Crippen molar-refractivity contribution in [2.45, 2.75) is 0 Å². The number of rotatable bonds is 1. The van der Waals surface area contributed by atoms with Crippen LogP contribution in [0.1, 0.15) is 0 Å². The van der Waals surface area contributed by atoms with Gasteiger partial charge in [-0.1, -0.05) is 34.1 Å². The smallest absolute Gasteiger partial charge is 0.0506 e. The van der Waals surface area contributed by atoms with Crippen LogP contribution in [0.3, 0.4) is 0 Å². The molecule has 0 atom stereocenters. The van der Waals surface area contributed by atoms with E-state index in [0.29, 0.717) is 5.69 Å². The third-order valence-corrected chi connectivity index (χ3v) is 2.64. The SMILES string of the molecule is Nc1cncc(-c2ccccc2Br)c1. The largest absolute Gasteiger partial charge is 0.397 e. The molecular formula is C11H9BrN2. The summed E-state index contributed by atoms with van der Waals surface area (Å²) in [6.07, 6.45) is 3.44. The maximum atomic E-state index is 5.67. The monoisotopic (exact) mass is 248 g/mol. The van der Waals surface area contributed by atoms with E-state index in [9.17, 15) is 0 Å². The quantitative estimate of drug-likeness (QED) is 0.843. The zero-order chi connectivity index (χ0) is 9.97. The normalized spacial score (nSPS) is 10.1. The van der Waals surface area contributed by atoms with Gasteiger partial charge in [-0.2, -0.15) is 0 Å². The minimum atomic E-state index is 0.679. The molecular weight excluding hydrogens is 240 g/mol. The van der Waals surface area contributed by atoms with Crippen LogP contribution in [0, 0.1) is 0 Å². The van der Waals surface area contributed by atoms with Gasteiger partial charge in [-0.25, -0.2) is 0 Å². The number of nitrogens with zero attached hydrogens (tertiary/aromatic N) is 1. The third kappa shape index (κ3) is 1.77. The van der Waals surface area contributed by atoms with Gasteiger partial charge in [0.15, 0.2) is 0 Å². The number of aromatic nitrogens is 1. The van der Waals surface area contributed by atoms with E-state index in [1.807, 2.05) is 30.3 Å². The molecule has 0 saturated carbocycles. The highest BCUT2D eigenvalue weighted by Crippen LogP contribution is 2.27. The van der Waals surface area contributed by atoms with Gasteiger partial charge in [-0.05, 0) is 17.7 Å². The Labute approximate surface area is 90.9 Å². The minimum Gasteiger partial charge on any atom is -0.397 e. The van der Waals surface area contributed by atoms with Crippen molar-refractivity contribution in [1.82, 2.24) is 4.98 Å². The lowest BCUT2D eigenvalue weighted by molar-refractivity contribution is 1.33. The Morgan fingerprint density at radius 1 is 1.14 bits per heavy atom. The summed E-state index contributed by atoms with van der Waals surface area (Å²) in [4.78, 5) is 4.06. The van der Waals surface area contributed by atoms with Crippen molar-refractivity contribution in [2.24, 2.45) is 0 Å². The molecule has 1 aromatic carbocycles. The van der Waals surface area contributed by atoms with Gasteiger partial charge in [-0.15, -0.1) is 0 Å². The van der Waals surface area contributed by atoms with Gasteiger partial charge >= 0.3 is 0 Å². The molecule has 1 heterocycles. The number of anilines is 1. The molecule has 0 aliphatic rings. The summed E-state index contributed by atoms with van der Waals surface area (Å²) in [6, 6.07) is 9.91. The van der Waals surface area contributed by atoms with Crippen molar-refractivity contribution in [1.29, 1.82) is 0 Å². The van der Waals surface area contributed by atoms with Gasteiger partial charge in [0.25, 0.3) is 0 Å². The Morgan fingerprint density at radius 2 is 1.93 bits per heavy atom. The lowest BCUT2D eigenvalue weighted by Crippen LogP contribution is -1.87. The van der Waals surface area contributed by atoms with Crippen LogP contribution in [-0.2, 0) is 0 Å². The van der Waals surface area contributed by atoms with Gasteiger partial charge in [0.05, 0.1) is 5.69 Å². The van der Waals surface area contributed by atoms with Crippen LogP contribution in [0.4, 0.5) is 5.69 Å². The average Bonchev–Trinajstić information content (AvgIpc) is 2.18. The maximum absolute atomic E-state index is 5.67. The zero-order valence-electron chi connectivity index (χ0n) is 7.44. The van der Waals surface area contributed by atoms with Crippen LogP contribution in [-0.4, -0.2) is 4.98 Å². The van der Waals surface area contributed by atoms with Crippen molar-refractivity contribution >= 4 is 21.6 Å². The Bertz CT molecular complexity index is 455. The average molecular weight is 249 g/mol. The highest BCUT2D eigenvalue weighted by Gasteiger charge is 2.01. The van der Waals surface area contributed by atoms with Crippen molar-refractivity contribution < 1.29 is 0 Å². The number of nitrogens with two attached hydrogens (primary N) is 1. The van der Waals surface area contributed by atoms with Gasteiger partial charge in [0, 0.05) is 22.4 Å². The van der Waals surface area contributed by atoms with Crippen LogP contribution < -0.4 is 5.73 Å². The van der Waals surface area contributed by atoms with Crippen LogP contribution in [0.2, 0.25) is 0 Å². The molecule has 0 spiro atoms. The van der Waals surface area contributed by atoms with Gasteiger partial charge in [0.1, 0.15) is 0 Å². The molecule has 0 bridgehead atoms. The molecule has 1 aromatic heterocycles. The van der Waals surface area contributed by atoms with Crippen LogP contribution in [0.15, 0.2) is 47.2 Å². The number of benzene rings is 1. The van der Waals surface area contributed by atoms with Crippen LogP contribution in [0.25, 0.3) is 11.1 Å². The molecule has 0 saturated heterocycles. The number of pyridine rings is 1. The van der Waals surface area contributed by atoms with E-state index in [1.54, 1.807) is 12.4 Å². The summed E-state index contributed by atoms with van der Waals surface area (Å²) in [5.74, 6) is 0. The molecule has 0 fully saturated rings. The number of hydrogen-bond donors (Lipinski definition) is 1. The molecule has 0 radical (unpaired) electrons. The maximum Gasteiger partial charge on any atom is 0.0506 e. The van der Waals surface area contributed by atoms with Gasteiger partial charge in [-0.3, -0.25) is 4.98 Å². The van der Waals surface area contributed by atoms with Crippen molar-refractivity contribution in [3.05, 3.63) is 47.2 Å². The second-order valence-corrected chi connectivity index (χ2v) is 3.84. The molecule has 0 aliphatic carbocycles. The summed E-state index contributed by atoms with van der Waals surface area (Å²) >= 11 is 3.49. The van der Waals surface area contributed by atoms with E-state index in [2.05, 4.69) is 20.9 Å². The Morgan fingerprint density at radius 3 is 2.64 bits per heavy atom. The molecule has 0 unspecified atom stereocenters. The van der Waals surface area contributed by atoms with E-state index < -0.39 is 0 Å². The first-order chi connectivity index (χ1) is 6.77. The molecule has 2 nitrogen and oxygen atoms in total. The van der Waals surface area contributed by atoms with E-state index in [1.165, 1.54) is 0 Å². The predicted molar refractivity (Wildman–Crippen MR) is 61.8 cm³/mol. The summed E-state index contributed by atoms with van der Waals surface area (Å²) in [5, 5.41) is 0. The fourth-order valence-electron chi connectivity index (χ4n) is 1.30. The van der Waals surface area contributed by atoms with Crippen molar-refractivity contribution in [3.8, 4) is 11.1 Å². The molecule has 70 valence electrons. The highest BCUT2D eigenvalue weighted by molar-refractivity contribution is 9.10. The second kappa shape index (κ2) is 3.80. The first kappa shape index (κ1) is 9.21. The Balaban J connectivity index is 2.55. The number of halogens is 1. The fraction of sp³-hybridized carbons (Fsp3) is 0. The first-order valence-electron chi connectivity index (χ1n) is 4.23. The standard InChI is InChI=1S/C11H9BrN2/c12-11-4-2-1-3-10(11)8-5-9(13)7-14-6-8/h1-7H,13H2. The fourth-order valence-corrected chi connectivity index (χ4v) is 1.81. The Hall–Kier alpha value is -1.35. The van der Waals surface area contributed by atoms with Gasteiger partial charge < -0.3 is 5.73 Å². The first-order valence-corrected chi connectivity index (χ1v) is 5.02. The number of nitrogen functional groups attached to an aromatic ring is 1. The summed E-state index contributed by atoms with van der Waals surface area (Å²) in [7, 11) is 0. The van der Waals surface area contributed by atoms with E-state index in [0.717, 1.165) is 15.6 Å². The summed E-state index contributed by atoms with van der Waals surface area (Å²) in [5.41, 5.74) is 8.48. The lowest BCUT2D eigenvalue weighted by Gasteiger charge is -2.04. The third-order valence-electron chi connectivity index (χ3n) is 1.94.